The normalized spacial score (nSPS) is 57.6. The molecule has 0 radical (unpaired) electrons. The van der Waals surface area contributed by atoms with Crippen LogP contribution < -0.4 is 0 Å². The molecule has 0 aromatic rings. The maximum Gasteiger partial charge on any atom is 0.0842 e. The molecule has 0 N–H and O–H groups in total. The van der Waals surface area contributed by atoms with Crippen molar-refractivity contribution in [2.45, 2.75) is 50.1 Å². The molecule has 4 atom stereocenters. The van der Waals surface area contributed by atoms with Gasteiger partial charge in [-0.2, -0.15) is 0 Å². The lowest BCUT2D eigenvalue weighted by Gasteiger charge is -2.27. The molecule has 56 valence electrons. The summed E-state index contributed by atoms with van der Waals surface area (Å²) in [4.78, 5) is 0. The molecule has 2 nitrogen and oxygen atoms in total. The summed E-state index contributed by atoms with van der Waals surface area (Å²) < 4.78 is 11.5. The Bertz CT molecular complexity index is 123. The molecule has 3 heterocycles. The molecule has 4 unspecified atom stereocenters. The predicted molar refractivity (Wildman–Crippen MR) is 35.8 cm³/mol. The topological polar surface area (TPSA) is 18.5 Å². The molecule has 0 spiro atoms. The first-order valence-electron chi connectivity index (χ1n) is 4.24. The minimum atomic E-state index is 0.462. The van der Waals surface area contributed by atoms with Gasteiger partial charge in [0.05, 0.1) is 24.4 Å². The van der Waals surface area contributed by atoms with Gasteiger partial charge >= 0.3 is 0 Å². The van der Waals surface area contributed by atoms with Crippen molar-refractivity contribution in [3.63, 3.8) is 0 Å². The lowest BCUT2D eigenvalue weighted by molar-refractivity contribution is -0.154. The van der Waals surface area contributed by atoms with Gasteiger partial charge in [0.2, 0.25) is 0 Å². The number of hydrogen-bond acceptors (Lipinski definition) is 2. The van der Waals surface area contributed by atoms with E-state index in [2.05, 4.69) is 0 Å². The lowest BCUT2D eigenvalue weighted by Crippen LogP contribution is -2.36. The Labute approximate surface area is 60.5 Å². The molecule has 2 heteroatoms. The number of ether oxygens (including phenoxy) is 2. The van der Waals surface area contributed by atoms with E-state index in [0.717, 1.165) is 0 Å². The van der Waals surface area contributed by atoms with Gasteiger partial charge in [-0.25, -0.2) is 0 Å². The van der Waals surface area contributed by atoms with Crippen LogP contribution in [-0.2, 0) is 9.47 Å². The van der Waals surface area contributed by atoms with Crippen LogP contribution in [0.1, 0.15) is 25.7 Å². The van der Waals surface area contributed by atoms with Gasteiger partial charge in [0, 0.05) is 0 Å². The molecule has 3 saturated heterocycles. The maximum atomic E-state index is 5.76. The zero-order valence-electron chi connectivity index (χ0n) is 5.95. The molecular weight excluding hydrogens is 128 g/mol. The smallest absolute Gasteiger partial charge is 0.0842 e. The van der Waals surface area contributed by atoms with Gasteiger partial charge in [-0.3, -0.25) is 0 Å². The maximum absolute atomic E-state index is 5.76. The van der Waals surface area contributed by atoms with E-state index in [0.29, 0.717) is 24.4 Å². The second kappa shape index (κ2) is 1.74. The quantitative estimate of drug-likeness (QED) is 0.501. The van der Waals surface area contributed by atoms with E-state index in [4.69, 9.17) is 9.47 Å². The van der Waals surface area contributed by atoms with Crippen LogP contribution in [0.4, 0.5) is 0 Å². The van der Waals surface area contributed by atoms with E-state index >= 15 is 0 Å². The molecule has 0 aromatic carbocycles. The van der Waals surface area contributed by atoms with Crippen LogP contribution in [0.3, 0.4) is 0 Å². The standard InChI is InChI=1S/C8H12O2/c1-2-6-8-4-3-7(10-8)5(1)9-6/h5-8H,1-4H2. The van der Waals surface area contributed by atoms with Crippen LogP contribution >= 0.6 is 0 Å². The summed E-state index contributed by atoms with van der Waals surface area (Å²) in [5.41, 5.74) is 0. The van der Waals surface area contributed by atoms with Crippen LogP contribution in [0.15, 0.2) is 0 Å². The highest BCUT2D eigenvalue weighted by molar-refractivity contribution is 4.95. The van der Waals surface area contributed by atoms with Crippen molar-refractivity contribution in [2.75, 3.05) is 0 Å². The van der Waals surface area contributed by atoms with Gasteiger partial charge in [0.1, 0.15) is 0 Å². The first-order valence-corrected chi connectivity index (χ1v) is 4.24. The zero-order valence-corrected chi connectivity index (χ0v) is 5.95. The van der Waals surface area contributed by atoms with Gasteiger partial charge in [0.25, 0.3) is 0 Å². The second-order valence-corrected chi connectivity index (χ2v) is 3.58. The molecule has 3 fully saturated rings. The van der Waals surface area contributed by atoms with E-state index in [-0.39, 0.29) is 0 Å². The van der Waals surface area contributed by atoms with Crippen LogP contribution in [-0.4, -0.2) is 24.4 Å². The number of fused-ring (bicyclic) bond motifs is 6. The summed E-state index contributed by atoms with van der Waals surface area (Å²) in [7, 11) is 0. The Balaban J connectivity index is 1.94. The fourth-order valence-corrected chi connectivity index (χ4v) is 2.47. The summed E-state index contributed by atoms with van der Waals surface area (Å²) in [6, 6.07) is 0. The van der Waals surface area contributed by atoms with Gasteiger partial charge < -0.3 is 9.47 Å². The predicted octanol–water partition coefficient (Wildman–Crippen LogP) is 1.10. The van der Waals surface area contributed by atoms with E-state index in [1.807, 2.05) is 0 Å². The fraction of sp³-hybridized carbons (Fsp3) is 1.00. The Morgan fingerprint density at radius 1 is 0.600 bits per heavy atom. The van der Waals surface area contributed by atoms with E-state index in [1.54, 1.807) is 0 Å². The van der Waals surface area contributed by atoms with Crippen molar-refractivity contribution in [2.24, 2.45) is 0 Å². The highest BCUT2D eigenvalue weighted by Crippen LogP contribution is 2.41. The monoisotopic (exact) mass is 140 g/mol. The van der Waals surface area contributed by atoms with Crippen LogP contribution in [0.25, 0.3) is 0 Å². The Kier molecular flexibility index (Phi) is 0.968. The van der Waals surface area contributed by atoms with Crippen molar-refractivity contribution in [3.8, 4) is 0 Å². The summed E-state index contributed by atoms with van der Waals surface area (Å²) >= 11 is 0. The Hall–Kier alpha value is -0.0800. The third kappa shape index (κ3) is 0.565. The van der Waals surface area contributed by atoms with Gasteiger partial charge in [-0.1, -0.05) is 0 Å². The third-order valence-corrected chi connectivity index (χ3v) is 3.00. The van der Waals surface area contributed by atoms with Crippen molar-refractivity contribution >= 4 is 0 Å². The van der Waals surface area contributed by atoms with E-state index in [9.17, 15) is 0 Å². The fourth-order valence-electron chi connectivity index (χ4n) is 2.47. The first-order chi connectivity index (χ1) is 4.93. The van der Waals surface area contributed by atoms with Gasteiger partial charge in [0.15, 0.2) is 0 Å². The zero-order chi connectivity index (χ0) is 6.55. The van der Waals surface area contributed by atoms with Crippen molar-refractivity contribution in [1.29, 1.82) is 0 Å². The Morgan fingerprint density at radius 3 is 1.20 bits per heavy atom. The molecule has 0 aliphatic carbocycles. The summed E-state index contributed by atoms with van der Waals surface area (Å²) in [5, 5.41) is 0. The van der Waals surface area contributed by atoms with Crippen LogP contribution in [0, 0.1) is 0 Å². The second-order valence-electron chi connectivity index (χ2n) is 3.58. The molecule has 3 aliphatic rings. The summed E-state index contributed by atoms with van der Waals surface area (Å²) in [6.45, 7) is 0. The minimum Gasteiger partial charge on any atom is -0.370 e. The third-order valence-electron chi connectivity index (χ3n) is 3.00. The average molecular weight is 140 g/mol. The largest absolute Gasteiger partial charge is 0.370 e. The van der Waals surface area contributed by atoms with E-state index in [1.165, 1.54) is 25.7 Å². The molecule has 3 rings (SSSR count). The lowest BCUT2D eigenvalue weighted by atomic mass is 10.0. The molecule has 3 aliphatic heterocycles. The van der Waals surface area contributed by atoms with Gasteiger partial charge in [-0.05, 0) is 25.7 Å². The summed E-state index contributed by atoms with van der Waals surface area (Å²) in [6.07, 6.45) is 6.81. The number of rotatable bonds is 0. The minimum absolute atomic E-state index is 0.462. The Morgan fingerprint density at radius 2 is 0.900 bits per heavy atom. The molecular formula is C8H12O2. The SMILES string of the molecule is C1CC2OC1C1CCC2O1. The average Bonchev–Trinajstić information content (AvgIpc) is 2.41. The van der Waals surface area contributed by atoms with E-state index < -0.39 is 0 Å². The summed E-state index contributed by atoms with van der Waals surface area (Å²) in [5.74, 6) is 0. The number of hydrogen-bond donors (Lipinski definition) is 0. The highest BCUT2D eigenvalue weighted by Gasteiger charge is 2.47. The molecule has 4 bridgehead atoms. The van der Waals surface area contributed by atoms with Crippen LogP contribution in [0.2, 0.25) is 0 Å². The molecule has 0 aromatic heterocycles. The first kappa shape index (κ1) is 5.56. The van der Waals surface area contributed by atoms with Gasteiger partial charge in [-0.15, -0.1) is 0 Å². The van der Waals surface area contributed by atoms with Crippen molar-refractivity contribution < 1.29 is 9.47 Å². The molecule has 0 saturated carbocycles. The van der Waals surface area contributed by atoms with Crippen LogP contribution in [0.5, 0.6) is 0 Å². The van der Waals surface area contributed by atoms with Crippen molar-refractivity contribution in [1.82, 2.24) is 0 Å². The molecule has 0 amide bonds. The molecule has 10 heavy (non-hydrogen) atoms. The highest BCUT2D eigenvalue weighted by atomic mass is 16.6. The van der Waals surface area contributed by atoms with Crippen molar-refractivity contribution in [3.05, 3.63) is 0 Å².